The van der Waals surface area contributed by atoms with Crippen molar-refractivity contribution in [1.29, 1.82) is 0 Å². The highest BCUT2D eigenvalue weighted by Crippen LogP contribution is 2.22. The first kappa shape index (κ1) is 13.1. The van der Waals surface area contributed by atoms with Crippen molar-refractivity contribution in [1.82, 2.24) is 0 Å². The van der Waals surface area contributed by atoms with Gasteiger partial charge in [-0.25, -0.2) is 4.39 Å². The van der Waals surface area contributed by atoms with E-state index in [1.807, 2.05) is 12.1 Å². The zero-order valence-corrected chi connectivity index (χ0v) is 10.2. The van der Waals surface area contributed by atoms with E-state index in [0.717, 1.165) is 11.1 Å². The third-order valence-corrected chi connectivity index (χ3v) is 2.62. The summed E-state index contributed by atoms with van der Waals surface area (Å²) in [6.45, 7) is 0.144. The minimum atomic E-state index is -0.886. The molecule has 2 aromatic rings. The zero-order valence-electron chi connectivity index (χ0n) is 10.2. The molecule has 0 amide bonds. The molecule has 3 nitrogen and oxygen atoms in total. The van der Waals surface area contributed by atoms with Crippen LogP contribution in [0.1, 0.15) is 6.42 Å². The van der Waals surface area contributed by atoms with Crippen molar-refractivity contribution in [3.05, 3.63) is 54.3 Å². The molecule has 2 rings (SSSR count). The van der Waals surface area contributed by atoms with Gasteiger partial charge in [0.05, 0.1) is 13.0 Å². The maximum absolute atomic E-state index is 12.8. The summed E-state index contributed by atoms with van der Waals surface area (Å²) < 4.78 is 18.1. The Bertz CT molecular complexity index is 547. The molecule has 0 atom stereocenters. The summed E-state index contributed by atoms with van der Waals surface area (Å²) >= 11 is 0. The maximum Gasteiger partial charge on any atom is 0.306 e. The van der Waals surface area contributed by atoms with Crippen LogP contribution in [0.25, 0.3) is 11.1 Å². The highest BCUT2D eigenvalue weighted by molar-refractivity contribution is 5.67. The van der Waals surface area contributed by atoms with Crippen LogP contribution in [0.5, 0.6) is 5.75 Å². The highest BCUT2D eigenvalue weighted by Gasteiger charge is 2.01. The van der Waals surface area contributed by atoms with Gasteiger partial charge in [0, 0.05) is 0 Å². The van der Waals surface area contributed by atoms with E-state index in [2.05, 4.69) is 0 Å². The predicted octanol–water partition coefficient (Wildman–Crippen LogP) is 3.35. The number of benzene rings is 2. The molecule has 0 aliphatic rings. The highest BCUT2D eigenvalue weighted by atomic mass is 19.1. The topological polar surface area (TPSA) is 46.5 Å². The molecule has 0 heterocycles. The van der Waals surface area contributed by atoms with Crippen molar-refractivity contribution in [2.45, 2.75) is 6.42 Å². The Hall–Kier alpha value is -2.36. The molecule has 19 heavy (non-hydrogen) atoms. The number of rotatable bonds is 5. The second kappa shape index (κ2) is 6.00. The minimum Gasteiger partial charge on any atom is -0.493 e. The molecule has 1 N–H and O–H groups in total. The Morgan fingerprint density at radius 2 is 1.53 bits per heavy atom. The summed E-state index contributed by atoms with van der Waals surface area (Å²) in [5.41, 5.74) is 1.86. The largest absolute Gasteiger partial charge is 0.493 e. The lowest BCUT2D eigenvalue weighted by Crippen LogP contribution is -2.04. The van der Waals surface area contributed by atoms with Crippen LogP contribution in [0, 0.1) is 5.82 Å². The van der Waals surface area contributed by atoms with Crippen LogP contribution in [-0.4, -0.2) is 17.7 Å². The molecule has 4 heteroatoms. The average Bonchev–Trinajstić information content (AvgIpc) is 2.40. The van der Waals surface area contributed by atoms with Crippen LogP contribution < -0.4 is 4.74 Å². The molecule has 0 aliphatic carbocycles. The molecule has 0 bridgehead atoms. The van der Waals surface area contributed by atoms with Gasteiger partial charge in [-0.05, 0) is 35.4 Å². The van der Waals surface area contributed by atoms with E-state index in [4.69, 9.17) is 9.84 Å². The van der Waals surface area contributed by atoms with Gasteiger partial charge in [-0.15, -0.1) is 0 Å². The zero-order chi connectivity index (χ0) is 13.7. The predicted molar refractivity (Wildman–Crippen MR) is 69.6 cm³/mol. The van der Waals surface area contributed by atoms with Crippen molar-refractivity contribution in [3.63, 3.8) is 0 Å². The van der Waals surface area contributed by atoms with Crippen LogP contribution in [0.15, 0.2) is 48.5 Å². The summed E-state index contributed by atoms with van der Waals surface area (Å²) in [5, 5.41) is 8.50. The second-order valence-corrected chi connectivity index (χ2v) is 4.02. The summed E-state index contributed by atoms with van der Waals surface area (Å²) in [7, 11) is 0. The molecule has 0 radical (unpaired) electrons. The first-order valence-corrected chi connectivity index (χ1v) is 5.86. The molecular formula is C15H13FO3. The van der Waals surface area contributed by atoms with Gasteiger partial charge in [0.2, 0.25) is 0 Å². The molecule has 2 aromatic carbocycles. The second-order valence-electron chi connectivity index (χ2n) is 4.02. The van der Waals surface area contributed by atoms with Gasteiger partial charge in [-0.2, -0.15) is 0 Å². The van der Waals surface area contributed by atoms with Gasteiger partial charge in [0.25, 0.3) is 0 Å². The Kier molecular flexibility index (Phi) is 4.13. The lowest BCUT2D eigenvalue weighted by Gasteiger charge is -2.06. The lowest BCUT2D eigenvalue weighted by molar-refractivity contribution is -0.137. The number of hydrogen-bond acceptors (Lipinski definition) is 2. The molecule has 0 saturated carbocycles. The molecule has 0 aromatic heterocycles. The minimum absolute atomic E-state index is 0.0281. The molecule has 0 unspecified atom stereocenters. The molecule has 0 fully saturated rings. The van der Waals surface area contributed by atoms with Gasteiger partial charge >= 0.3 is 5.97 Å². The third-order valence-electron chi connectivity index (χ3n) is 2.62. The Morgan fingerprint density at radius 3 is 2.05 bits per heavy atom. The number of carbonyl (C=O) groups is 1. The smallest absolute Gasteiger partial charge is 0.306 e. The number of halogens is 1. The van der Waals surface area contributed by atoms with Crippen LogP contribution in [0.4, 0.5) is 4.39 Å². The van der Waals surface area contributed by atoms with Crippen molar-refractivity contribution < 1.29 is 19.0 Å². The summed E-state index contributed by atoms with van der Waals surface area (Å²) in [4.78, 5) is 10.3. The number of carboxylic acid groups (broad SMARTS) is 1. The third kappa shape index (κ3) is 3.81. The number of hydrogen-bond donors (Lipinski definition) is 1. The van der Waals surface area contributed by atoms with E-state index < -0.39 is 5.97 Å². The molecule has 0 spiro atoms. The fourth-order valence-electron chi connectivity index (χ4n) is 1.64. The van der Waals surface area contributed by atoms with Gasteiger partial charge < -0.3 is 9.84 Å². The van der Waals surface area contributed by atoms with Gasteiger partial charge in [0.1, 0.15) is 11.6 Å². The van der Waals surface area contributed by atoms with Crippen LogP contribution >= 0.6 is 0 Å². The first-order valence-electron chi connectivity index (χ1n) is 5.86. The fourth-order valence-corrected chi connectivity index (χ4v) is 1.64. The van der Waals surface area contributed by atoms with Crippen LogP contribution in [0.3, 0.4) is 0 Å². The molecule has 0 aliphatic heterocycles. The number of carboxylic acids is 1. The van der Waals surface area contributed by atoms with Gasteiger partial charge in [-0.1, -0.05) is 24.3 Å². The maximum atomic E-state index is 12.8. The van der Waals surface area contributed by atoms with Crippen molar-refractivity contribution >= 4 is 5.97 Å². The van der Waals surface area contributed by atoms with E-state index in [-0.39, 0.29) is 18.8 Å². The summed E-state index contributed by atoms with van der Waals surface area (Å²) in [6.07, 6.45) is -0.0281. The van der Waals surface area contributed by atoms with Crippen LogP contribution in [0.2, 0.25) is 0 Å². The fraction of sp³-hybridized carbons (Fsp3) is 0.133. The quantitative estimate of drug-likeness (QED) is 0.896. The molecule has 98 valence electrons. The van der Waals surface area contributed by atoms with Crippen molar-refractivity contribution in [3.8, 4) is 16.9 Å². The van der Waals surface area contributed by atoms with Crippen molar-refractivity contribution in [2.24, 2.45) is 0 Å². The average molecular weight is 260 g/mol. The normalized spacial score (nSPS) is 10.2. The van der Waals surface area contributed by atoms with E-state index >= 15 is 0 Å². The Morgan fingerprint density at radius 1 is 1.00 bits per heavy atom. The monoisotopic (exact) mass is 260 g/mol. The molecular weight excluding hydrogens is 247 g/mol. The van der Waals surface area contributed by atoms with E-state index in [1.54, 1.807) is 24.3 Å². The first-order chi connectivity index (χ1) is 9.15. The van der Waals surface area contributed by atoms with Crippen LogP contribution in [-0.2, 0) is 4.79 Å². The van der Waals surface area contributed by atoms with E-state index in [9.17, 15) is 9.18 Å². The van der Waals surface area contributed by atoms with Gasteiger partial charge in [0.15, 0.2) is 0 Å². The van der Waals surface area contributed by atoms with E-state index in [0.29, 0.717) is 5.75 Å². The summed E-state index contributed by atoms with van der Waals surface area (Å²) in [5.74, 6) is -0.535. The van der Waals surface area contributed by atoms with E-state index in [1.165, 1.54) is 12.1 Å². The van der Waals surface area contributed by atoms with Gasteiger partial charge in [-0.3, -0.25) is 4.79 Å². The number of aliphatic carboxylic acids is 1. The van der Waals surface area contributed by atoms with Crippen molar-refractivity contribution in [2.75, 3.05) is 6.61 Å². The Labute approximate surface area is 110 Å². The number of ether oxygens (including phenoxy) is 1. The molecule has 0 saturated heterocycles. The lowest BCUT2D eigenvalue weighted by atomic mass is 10.1. The SMILES string of the molecule is O=C(O)CCOc1ccc(-c2ccc(F)cc2)cc1. The Balaban J connectivity index is 2.02. The summed E-state index contributed by atoms with van der Waals surface area (Å²) in [6, 6.07) is 13.5. The standard InChI is InChI=1S/C15H13FO3/c16-13-5-1-11(2-6-13)12-3-7-14(8-4-12)19-10-9-15(17)18/h1-8H,9-10H2,(H,17,18).